The van der Waals surface area contributed by atoms with Crippen LogP contribution in [-0.4, -0.2) is 11.6 Å². The molecule has 0 amide bonds. The Bertz CT molecular complexity index is 677. The van der Waals surface area contributed by atoms with Crippen molar-refractivity contribution in [2.24, 2.45) is 0 Å². The lowest BCUT2D eigenvalue weighted by atomic mass is 9.95. The lowest BCUT2D eigenvalue weighted by molar-refractivity contribution is -0.0815. The Balaban J connectivity index is 1.78. The maximum atomic E-state index is 12.5. The molecule has 0 saturated carbocycles. The molecule has 0 N–H and O–H groups in total. The summed E-state index contributed by atoms with van der Waals surface area (Å²) in [7, 11) is 0. The number of Topliss-reactive ketones (excluding diaryl/α,β-unsaturated/α-hetero) is 1. The molecule has 0 fully saturated rings. The fourth-order valence-corrected chi connectivity index (χ4v) is 2.74. The Hall–Kier alpha value is -2.29. The number of ether oxygens (including phenoxy) is 2. The minimum Gasteiger partial charge on any atom is -0.445 e. The predicted octanol–water partition coefficient (Wildman–Crippen LogP) is 2.98. The van der Waals surface area contributed by atoms with Crippen LogP contribution in [0.2, 0.25) is 0 Å². The standard InChI is InChI=1S/C16H12O3/c17-15-12-6-2-4-8-14(12)19-16(15)10-9-11-5-1-3-7-13(11)18-16/h1-8H,9-10H2. The second kappa shape index (κ2) is 3.60. The van der Waals surface area contributed by atoms with Gasteiger partial charge in [-0.25, -0.2) is 0 Å². The van der Waals surface area contributed by atoms with Crippen molar-refractivity contribution in [2.45, 2.75) is 18.6 Å². The minimum atomic E-state index is -1.15. The van der Waals surface area contributed by atoms with E-state index < -0.39 is 5.79 Å². The van der Waals surface area contributed by atoms with Crippen LogP contribution in [-0.2, 0) is 6.42 Å². The van der Waals surface area contributed by atoms with Crippen molar-refractivity contribution in [3.8, 4) is 11.5 Å². The molecule has 4 rings (SSSR count). The van der Waals surface area contributed by atoms with E-state index in [1.807, 2.05) is 42.5 Å². The van der Waals surface area contributed by atoms with E-state index in [0.717, 1.165) is 17.7 Å². The van der Waals surface area contributed by atoms with Gasteiger partial charge in [0.1, 0.15) is 11.5 Å². The molecule has 0 aromatic heterocycles. The lowest BCUT2D eigenvalue weighted by Gasteiger charge is -2.32. The molecule has 0 radical (unpaired) electrons. The van der Waals surface area contributed by atoms with E-state index in [9.17, 15) is 4.79 Å². The van der Waals surface area contributed by atoms with Crippen molar-refractivity contribution in [2.75, 3.05) is 0 Å². The summed E-state index contributed by atoms with van der Waals surface area (Å²) in [5.41, 5.74) is 1.74. The number of hydrogen-bond donors (Lipinski definition) is 0. The van der Waals surface area contributed by atoms with Crippen molar-refractivity contribution in [3.63, 3.8) is 0 Å². The van der Waals surface area contributed by atoms with E-state index in [1.165, 1.54) is 0 Å². The van der Waals surface area contributed by atoms with E-state index in [2.05, 4.69) is 0 Å². The topological polar surface area (TPSA) is 35.5 Å². The Labute approximate surface area is 110 Å². The Morgan fingerprint density at radius 3 is 2.42 bits per heavy atom. The van der Waals surface area contributed by atoms with Gasteiger partial charge >= 0.3 is 5.79 Å². The van der Waals surface area contributed by atoms with Crippen molar-refractivity contribution < 1.29 is 14.3 Å². The molecular weight excluding hydrogens is 240 g/mol. The van der Waals surface area contributed by atoms with Crippen LogP contribution in [0.1, 0.15) is 22.3 Å². The highest BCUT2D eigenvalue weighted by molar-refractivity contribution is 6.06. The molecule has 1 unspecified atom stereocenters. The molecular formula is C16H12O3. The summed E-state index contributed by atoms with van der Waals surface area (Å²) in [5.74, 6) is 0.136. The molecule has 1 spiro atoms. The largest absolute Gasteiger partial charge is 0.445 e. The van der Waals surface area contributed by atoms with E-state index in [-0.39, 0.29) is 5.78 Å². The highest BCUT2D eigenvalue weighted by Gasteiger charge is 2.52. The van der Waals surface area contributed by atoms with Crippen LogP contribution in [0, 0.1) is 0 Å². The molecule has 1 atom stereocenters. The lowest BCUT2D eigenvalue weighted by Crippen LogP contribution is -2.48. The maximum Gasteiger partial charge on any atom is 0.316 e. The number of aryl methyl sites for hydroxylation is 1. The summed E-state index contributed by atoms with van der Waals surface area (Å²) < 4.78 is 11.7. The van der Waals surface area contributed by atoms with Gasteiger partial charge in [0.2, 0.25) is 0 Å². The second-order valence-electron chi connectivity index (χ2n) is 4.89. The van der Waals surface area contributed by atoms with Crippen LogP contribution in [0.15, 0.2) is 48.5 Å². The van der Waals surface area contributed by atoms with Crippen molar-refractivity contribution >= 4 is 5.78 Å². The first-order chi connectivity index (χ1) is 9.28. The molecule has 0 bridgehead atoms. The van der Waals surface area contributed by atoms with Gasteiger partial charge in [0, 0.05) is 6.42 Å². The van der Waals surface area contributed by atoms with Gasteiger partial charge < -0.3 is 9.47 Å². The normalized spacial score (nSPS) is 23.5. The first kappa shape index (κ1) is 10.6. The van der Waals surface area contributed by atoms with Crippen LogP contribution in [0.5, 0.6) is 11.5 Å². The number of carbonyl (C=O) groups excluding carboxylic acids is 1. The molecule has 19 heavy (non-hydrogen) atoms. The molecule has 2 heterocycles. The van der Waals surface area contributed by atoms with Crippen LogP contribution in [0.3, 0.4) is 0 Å². The van der Waals surface area contributed by atoms with Gasteiger partial charge in [-0.2, -0.15) is 0 Å². The third kappa shape index (κ3) is 1.41. The van der Waals surface area contributed by atoms with Crippen LogP contribution >= 0.6 is 0 Å². The van der Waals surface area contributed by atoms with E-state index in [1.54, 1.807) is 6.07 Å². The van der Waals surface area contributed by atoms with E-state index in [0.29, 0.717) is 17.7 Å². The Morgan fingerprint density at radius 2 is 1.58 bits per heavy atom. The van der Waals surface area contributed by atoms with E-state index in [4.69, 9.17) is 9.47 Å². The van der Waals surface area contributed by atoms with Gasteiger partial charge in [0.15, 0.2) is 0 Å². The molecule has 0 saturated heterocycles. The van der Waals surface area contributed by atoms with Gasteiger partial charge in [-0.05, 0) is 30.2 Å². The van der Waals surface area contributed by atoms with E-state index >= 15 is 0 Å². The summed E-state index contributed by atoms with van der Waals surface area (Å²) in [6.07, 6.45) is 1.34. The number of hydrogen-bond acceptors (Lipinski definition) is 3. The van der Waals surface area contributed by atoms with Crippen LogP contribution in [0.25, 0.3) is 0 Å². The molecule has 3 nitrogen and oxygen atoms in total. The number of carbonyl (C=O) groups is 1. The SMILES string of the molecule is O=C1c2ccccc2OC12CCc1ccccc1O2. The number of ketones is 1. The number of para-hydroxylation sites is 2. The van der Waals surface area contributed by atoms with Crippen LogP contribution in [0.4, 0.5) is 0 Å². The van der Waals surface area contributed by atoms with Gasteiger partial charge in [-0.1, -0.05) is 30.3 Å². The maximum absolute atomic E-state index is 12.5. The van der Waals surface area contributed by atoms with Gasteiger partial charge in [-0.15, -0.1) is 0 Å². The Morgan fingerprint density at radius 1 is 0.895 bits per heavy atom. The summed E-state index contributed by atoms with van der Waals surface area (Å²) >= 11 is 0. The quantitative estimate of drug-likeness (QED) is 0.723. The number of benzene rings is 2. The fourth-order valence-electron chi connectivity index (χ4n) is 2.74. The summed E-state index contributed by atoms with van der Waals surface area (Å²) in [6, 6.07) is 15.1. The minimum absolute atomic E-state index is 0.0717. The zero-order valence-electron chi connectivity index (χ0n) is 10.3. The molecule has 94 valence electrons. The first-order valence-electron chi connectivity index (χ1n) is 6.38. The highest BCUT2D eigenvalue weighted by atomic mass is 16.7. The van der Waals surface area contributed by atoms with Gasteiger partial charge in [0.25, 0.3) is 5.78 Å². The Kier molecular flexibility index (Phi) is 2.01. The van der Waals surface area contributed by atoms with Crippen molar-refractivity contribution in [1.82, 2.24) is 0 Å². The van der Waals surface area contributed by atoms with Crippen molar-refractivity contribution in [1.29, 1.82) is 0 Å². The smallest absolute Gasteiger partial charge is 0.316 e. The summed E-state index contributed by atoms with van der Waals surface area (Å²) in [5, 5.41) is 0. The molecule has 2 aromatic rings. The first-order valence-corrected chi connectivity index (χ1v) is 6.38. The molecule has 3 heteroatoms. The van der Waals surface area contributed by atoms with Crippen molar-refractivity contribution in [3.05, 3.63) is 59.7 Å². The molecule has 2 aliphatic heterocycles. The molecule has 2 aromatic carbocycles. The third-order valence-electron chi connectivity index (χ3n) is 3.72. The zero-order chi connectivity index (χ0) is 12.9. The fraction of sp³-hybridized carbons (Fsp3) is 0.188. The predicted molar refractivity (Wildman–Crippen MR) is 69.5 cm³/mol. The second-order valence-corrected chi connectivity index (χ2v) is 4.89. The average Bonchev–Trinajstić information content (AvgIpc) is 2.72. The molecule has 2 aliphatic rings. The summed E-state index contributed by atoms with van der Waals surface area (Å²) in [6.45, 7) is 0. The van der Waals surface area contributed by atoms with Gasteiger partial charge in [0.05, 0.1) is 5.56 Å². The third-order valence-corrected chi connectivity index (χ3v) is 3.72. The number of rotatable bonds is 0. The monoisotopic (exact) mass is 252 g/mol. The average molecular weight is 252 g/mol. The van der Waals surface area contributed by atoms with Gasteiger partial charge in [-0.3, -0.25) is 4.79 Å². The summed E-state index contributed by atoms with van der Waals surface area (Å²) in [4.78, 5) is 12.5. The molecule has 0 aliphatic carbocycles. The van der Waals surface area contributed by atoms with Crippen LogP contribution < -0.4 is 9.47 Å². The number of fused-ring (bicyclic) bond motifs is 2. The highest BCUT2D eigenvalue weighted by Crippen LogP contribution is 2.42. The zero-order valence-corrected chi connectivity index (χ0v) is 10.3.